The summed E-state index contributed by atoms with van der Waals surface area (Å²) in [7, 11) is 0. The van der Waals surface area contributed by atoms with Crippen molar-refractivity contribution in [3.8, 4) is 0 Å². The number of amides is 1. The van der Waals surface area contributed by atoms with E-state index in [1.807, 2.05) is 18.2 Å². The molecular formula is C12H13N5O. The Balaban J connectivity index is 2.04. The predicted octanol–water partition coefficient (Wildman–Crippen LogP) is 0.692. The minimum Gasteiger partial charge on any atom is -0.368 e. The number of carbonyl (C=O) groups is 1. The fourth-order valence-corrected chi connectivity index (χ4v) is 1.47. The smallest absolute Gasteiger partial charge is 0.270 e. The zero-order valence-corrected chi connectivity index (χ0v) is 9.92. The maximum absolute atomic E-state index is 11.8. The van der Waals surface area contributed by atoms with E-state index in [1.54, 1.807) is 19.2 Å². The standard InChI is InChI=1S/C12H13N5O/c1-8-6-10(17-12(13)16-8)11(18)15-7-9-4-2-3-5-14-9/h2-6H,7H2,1H3,(H,15,18)(H2,13,16,17). The summed E-state index contributed by atoms with van der Waals surface area (Å²) in [4.78, 5) is 23.7. The van der Waals surface area contributed by atoms with Crippen molar-refractivity contribution >= 4 is 11.9 Å². The zero-order valence-electron chi connectivity index (χ0n) is 9.92. The van der Waals surface area contributed by atoms with Gasteiger partial charge >= 0.3 is 0 Å². The number of pyridine rings is 1. The first kappa shape index (κ1) is 12.0. The lowest BCUT2D eigenvalue weighted by atomic mass is 10.3. The van der Waals surface area contributed by atoms with Crippen molar-refractivity contribution in [2.24, 2.45) is 0 Å². The summed E-state index contributed by atoms with van der Waals surface area (Å²) in [6.45, 7) is 2.11. The van der Waals surface area contributed by atoms with Gasteiger partial charge in [0, 0.05) is 11.9 Å². The normalized spacial score (nSPS) is 10.1. The average Bonchev–Trinajstić information content (AvgIpc) is 2.36. The quantitative estimate of drug-likeness (QED) is 0.827. The molecule has 2 aromatic rings. The van der Waals surface area contributed by atoms with Gasteiger partial charge in [0.1, 0.15) is 5.69 Å². The highest BCUT2D eigenvalue weighted by Gasteiger charge is 2.09. The van der Waals surface area contributed by atoms with Crippen LogP contribution in [-0.2, 0) is 6.54 Å². The van der Waals surface area contributed by atoms with Crippen LogP contribution in [0.2, 0.25) is 0 Å². The Morgan fingerprint density at radius 1 is 1.39 bits per heavy atom. The highest BCUT2D eigenvalue weighted by molar-refractivity contribution is 5.92. The predicted molar refractivity (Wildman–Crippen MR) is 66.6 cm³/mol. The lowest BCUT2D eigenvalue weighted by Gasteiger charge is -2.05. The molecule has 2 aromatic heterocycles. The number of rotatable bonds is 3. The first-order valence-corrected chi connectivity index (χ1v) is 5.44. The Labute approximate surface area is 104 Å². The van der Waals surface area contributed by atoms with Crippen molar-refractivity contribution in [1.82, 2.24) is 20.3 Å². The molecule has 0 unspecified atom stereocenters. The number of carbonyl (C=O) groups excluding carboxylic acids is 1. The number of hydrogen-bond acceptors (Lipinski definition) is 5. The first-order valence-electron chi connectivity index (χ1n) is 5.44. The second-order valence-corrected chi connectivity index (χ2v) is 3.76. The molecule has 0 aliphatic carbocycles. The van der Waals surface area contributed by atoms with Crippen LogP contribution in [0.4, 0.5) is 5.95 Å². The molecule has 0 spiro atoms. The average molecular weight is 243 g/mol. The van der Waals surface area contributed by atoms with Crippen LogP contribution in [0.3, 0.4) is 0 Å². The van der Waals surface area contributed by atoms with Gasteiger partial charge < -0.3 is 11.1 Å². The highest BCUT2D eigenvalue weighted by Crippen LogP contribution is 2.02. The van der Waals surface area contributed by atoms with Gasteiger partial charge in [0.15, 0.2) is 0 Å². The molecule has 1 amide bonds. The molecule has 0 atom stereocenters. The Morgan fingerprint density at radius 3 is 2.89 bits per heavy atom. The molecule has 18 heavy (non-hydrogen) atoms. The number of aromatic nitrogens is 3. The van der Waals surface area contributed by atoms with Crippen molar-refractivity contribution in [2.75, 3.05) is 5.73 Å². The number of aryl methyl sites for hydroxylation is 1. The fraction of sp³-hybridized carbons (Fsp3) is 0.167. The molecule has 6 nitrogen and oxygen atoms in total. The summed E-state index contributed by atoms with van der Waals surface area (Å²) >= 11 is 0. The molecule has 6 heteroatoms. The number of nitrogens with zero attached hydrogens (tertiary/aromatic N) is 3. The Hall–Kier alpha value is -2.50. The number of hydrogen-bond donors (Lipinski definition) is 2. The van der Waals surface area contributed by atoms with Crippen LogP contribution in [0.5, 0.6) is 0 Å². The number of nitrogens with one attached hydrogen (secondary N) is 1. The molecule has 92 valence electrons. The molecule has 0 fully saturated rings. The Bertz CT molecular complexity index is 535. The number of anilines is 1. The molecule has 0 bridgehead atoms. The van der Waals surface area contributed by atoms with Crippen molar-refractivity contribution < 1.29 is 4.79 Å². The van der Waals surface area contributed by atoms with Gasteiger partial charge in [0.2, 0.25) is 5.95 Å². The van der Waals surface area contributed by atoms with Crippen LogP contribution < -0.4 is 11.1 Å². The van der Waals surface area contributed by atoms with E-state index in [9.17, 15) is 4.79 Å². The molecular weight excluding hydrogens is 230 g/mol. The van der Waals surface area contributed by atoms with Gasteiger partial charge in [-0.05, 0) is 25.1 Å². The SMILES string of the molecule is Cc1cc(C(=O)NCc2ccccn2)nc(N)n1. The van der Waals surface area contributed by atoms with Crippen LogP contribution in [0.25, 0.3) is 0 Å². The topological polar surface area (TPSA) is 93.8 Å². The van der Waals surface area contributed by atoms with Crippen LogP contribution in [0, 0.1) is 6.92 Å². The molecule has 2 rings (SSSR count). The van der Waals surface area contributed by atoms with E-state index >= 15 is 0 Å². The Morgan fingerprint density at radius 2 is 2.22 bits per heavy atom. The number of nitrogen functional groups attached to an aromatic ring is 1. The largest absolute Gasteiger partial charge is 0.368 e. The van der Waals surface area contributed by atoms with Crippen molar-refractivity contribution in [1.29, 1.82) is 0 Å². The van der Waals surface area contributed by atoms with Crippen LogP contribution >= 0.6 is 0 Å². The van der Waals surface area contributed by atoms with Crippen molar-refractivity contribution in [3.63, 3.8) is 0 Å². The van der Waals surface area contributed by atoms with Gasteiger partial charge in [0.25, 0.3) is 5.91 Å². The van der Waals surface area contributed by atoms with Gasteiger partial charge in [-0.3, -0.25) is 9.78 Å². The highest BCUT2D eigenvalue weighted by atomic mass is 16.1. The third-order valence-electron chi connectivity index (χ3n) is 2.26. The lowest BCUT2D eigenvalue weighted by molar-refractivity contribution is 0.0945. The van der Waals surface area contributed by atoms with E-state index in [1.165, 1.54) is 0 Å². The van der Waals surface area contributed by atoms with Gasteiger partial charge in [-0.25, -0.2) is 9.97 Å². The monoisotopic (exact) mass is 243 g/mol. The molecule has 0 saturated carbocycles. The van der Waals surface area contributed by atoms with Gasteiger partial charge in [-0.1, -0.05) is 6.07 Å². The van der Waals surface area contributed by atoms with Gasteiger partial charge in [-0.15, -0.1) is 0 Å². The molecule has 0 aliphatic heterocycles. The van der Waals surface area contributed by atoms with Crippen molar-refractivity contribution in [3.05, 3.63) is 47.5 Å². The van der Waals surface area contributed by atoms with Gasteiger partial charge in [-0.2, -0.15) is 0 Å². The lowest BCUT2D eigenvalue weighted by Crippen LogP contribution is -2.24. The molecule has 0 saturated heterocycles. The minimum absolute atomic E-state index is 0.0954. The molecule has 0 aliphatic rings. The minimum atomic E-state index is -0.294. The Kier molecular flexibility index (Phi) is 3.47. The third kappa shape index (κ3) is 3.00. The van der Waals surface area contributed by atoms with Crippen LogP contribution in [0.1, 0.15) is 21.9 Å². The van der Waals surface area contributed by atoms with Crippen molar-refractivity contribution in [2.45, 2.75) is 13.5 Å². The van der Waals surface area contributed by atoms with E-state index in [4.69, 9.17) is 5.73 Å². The molecule has 0 radical (unpaired) electrons. The molecule has 0 aromatic carbocycles. The first-order chi connectivity index (χ1) is 8.65. The summed E-state index contributed by atoms with van der Waals surface area (Å²) < 4.78 is 0. The van der Waals surface area contributed by atoms with E-state index < -0.39 is 0 Å². The summed E-state index contributed by atoms with van der Waals surface area (Å²) in [6.07, 6.45) is 1.67. The van der Waals surface area contributed by atoms with Crippen LogP contribution in [-0.4, -0.2) is 20.9 Å². The summed E-state index contributed by atoms with van der Waals surface area (Å²) in [5, 5.41) is 2.72. The molecule has 2 heterocycles. The molecule has 3 N–H and O–H groups in total. The maximum atomic E-state index is 11.8. The van der Waals surface area contributed by atoms with Gasteiger partial charge in [0.05, 0.1) is 12.2 Å². The fourth-order valence-electron chi connectivity index (χ4n) is 1.47. The maximum Gasteiger partial charge on any atom is 0.270 e. The second kappa shape index (κ2) is 5.22. The van der Waals surface area contributed by atoms with E-state index in [0.29, 0.717) is 12.2 Å². The zero-order chi connectivity index (χ0) is 13.0. The summed E-state index contributed by atoms with van der Waals surface area (Å²) in [5.74, 6) is -0.198. The summed E-state index contributed by atoms with van der Waals surface area (Å²) in [6, 6.07) is 7.10. The van der Waals surface area contributed by atoms with E-state index in [0.717, 1.165) is 5.69 Å². The second-order valence-electron chi connectivity index (χ2n) is 3.76. The summed E-state index contributed by atoms with van der Waals surface area (Å²) in [5.41, 5.74) is 7.19. The van der Waals surface area contributed by atoms with E-state index in [-0.39, 0.29) is 17.5 Å². The van der Waals surface area contributed by atoms with Crippen LogP contribution in [0.15, 0.2) is 30.5 Å². The number of nitrogens with two attached hydrogens (primary N) is 1. The van der Waals surface area contributed by atoms with E-state index in [2.05, 4.69) is 20.3 Å². The third-order valence-corrected chi connectivity index (χ3v) is 2.26.